The fraction of sp³-hybridized carbons (Fsp3) is 0.643. The molecule has 2 aromatic rings. The van der Waals surface area contributed by atoms with Crippen LogP contribution in [0.2, 0.25) is 0 Å². The normalized spacial score (nSPS) is 11.2. The molecule has 0 aliphatic carbocycles. The van der Waals surface area contributed by atoms with Crippen LogP contribution in [0.3, 0.4) is 0 Å². The van der Waals surface area contributed by atoms with Gasteiger partial charge in [0.1, 0.15) is 5.52 Å². The number of aliphatic hydroxyl groups is 1. The van der Waals surface area contributed by atoms with E-state index in [1.54, 1.807) is 10.9 Å². The van der Waals surface area contributed by atoms with E-state index in [2.05, 4.69) is 22.2 Å². The first-order chi connectivity index (χ1) is 10.2. The molecule has 0 saturated carbocycles. The van der Waals surface area contributed by atoms with Crippen LogP contribution in [0.1, 0.15) is 33.1 Å². The Balaban J connectivity index is 2.52. The molecule has 0 atom stereocenters. The Morgan fingerprint density at radius 2 is 2.05 bits per heavy atom. The summed E-state index contributed by atoms with van der Waals surface area (Å²) in [6.07, 6.45) is 4.21. The first-order valence-corrected chi connectivity index (χ1v) is 7.53. The number of hydrogen-bond donors (Lipinski definition) is 2. The van der Waals surface area contributed by atoms with Gasteiger partial charge in [0, 0.05) is 26.2 Å². The number of aryl methyl sites for hydroxylation is 2. The van der Waals surface area contributed by atoms with Crippen LogP contribution in [0, 0.1) is 0 Å². The largest absolute Gasteiger partial charge is 0.396 e. The van der Waals surface area contributed by atoms with Crippen LogP contribution in [0.15, 0.2) is 11.1 Å². The van der Waals surface area contributed by atoms with E-state index in [1.165, 1.54) is 0 Å². The molecule has 0 aromatic carbocycles. The fourth-order valence-corrected chi connectivity index (χ4v) is 2.36. The summed E-state index contributed by atoms with van der Waals surface area (Å²) in [6, 6.07) is 0. The molecule has 2 N–H and O–H groups in total. The molecule has 0 bridgehead atoms. The van der Waals surface area contributed by atoms with E-state index in [0.717, 1.165) is 24.9 Å². The highest BCUT2D eigenvalue weighted by atomic mass is 16.3. The molecule has 0 unspecified atom stereocenters. The second kappa shape index (κ2) is 7.21. The summed E-state index contributed by atoms with van der Waals surface area (Å²) >= 11 is 0. The average Bonchev–Trinajstić information content (AvgIpc) is 2.87. The van der Waals surface area contributed by atoms with Gasteiger partial charge in [-0.2, -0.15) is 4.98 Å². The number of rotatable bonds is 8. The lowest BCUT2D eigenvalue weighted by atomic mass is 10.4. The van der Waals surface area contributed by atoms with Crippen LogP contribution in [0.5, 0.6) is 0 Å². The van der Waals surface area contributed by atoms with E-state index in [9.17, 15) is 4.79 Å². The standard InChI is InChI=1S/C14H23N5O2/c1-3-7-18-10-16-13-11(18)12(15-6-5-9-20)17-14(21)19(13)8-4-2/h10,20H,3-9H2,1-2H3,(H,15,17,21). The first-order valence-electron chi connectivity index (χ1n) is 7.53. The average molecular weight is 293 g/mol. The van der Waals surface area contributed by atoms with Gasteiger partial charge in [0.25, 0.3) is 0 Å². The van der Waals surface area contributed by atoms with Crippen LogP contribution in [-0.2, 0) is 13.1 Å². The quantitative estimate of drug-likeness (QED) is 0.715. The minimum Gasteiger partial charge on any atom is -0.396 e. The fourth-order valence-electron chi connectivity index (χ4n) is 2.36. The summed E-state index contributed by atoms with van der Waals surface area (Å²) in [4.78, 5) is 20.7. The van der Waals surface area contributed by atoms with E-state index >= 15 is 0 Å². The maximum atomic E-state index is 12.2. The number of anilines is 1. The van der Waals surface area contributed by atoms with Crippen molar-refractivity contribution >= 4 is 17.0 Å². The van der Waals surface area contributed by atoms with Crippen molar-refractivity contribution in [1.82, 2.24) is 19.1 Å². The molecule has 0 saturated heterocycles. The molecule has 0 fully saturated rings. The highest BCUT2D eigenvalue weighted by Crippen LogP contribution is 2.19. The van der Waals surface area contributed by atoms with Gasteiger partial charge in [0.05, 0.1) is 6.33 Å². The Labute approximate surface area is 123 Å². The number of nitrogens with zero attached hydrogens (tertiary/aromatic N) is 4. The van der Waals surface area contributed by atoms with Gasteiger partial charge in [-0.15, -0.1) is 0 Å². The second-order valence-corrected chi connectivity index (χ2v) is 5.01. The van der Waals surface area contributed by atoms with E-state index in [0.29, 0.717) is 31.0 Å². The summed E-state index contributed by atoms with van der Waals surface area (Å²) in [5.41, 5.74) is 1.26. The molecule has 0 aliphatic heterocycles. The molecular weight excluding hydrogens is 270 g/mol. The SMILES string of the molecule is CCCn1cnc2c1c(NCCCO)nc(=O)n2CCC. The third-order valence-corrected chi connectivity index (χ3v) is 3.28. The summed E-state index contributed by atoms with van der Waals surface area (Å²) < 4.78 is 3.65. The van der Waals surface area contributed by atoms with Crippen LogP contribution in [0.25, 0.3) is 11.2 Å². The van der Waals surface area contributed by atoms with Gasteiger partial charge < -0.3 is 15.0 Å². The summed E-state index contributed by atoms with van der Waals surface area (Å²) in [5.74, 6) is 0.557. The van der Waals surface area contributed by atoms with E-state index in [4.69, 9.17) is 5.11 Å². The minimum absolute atomic E-state index is 0.108. The number of nitrogens with one attached hydrogen (secondary N) is 1. The van der Waals surface area contributed by atoms with Crippen LogP contribution >= 0.6 is 0 Å². The van der Waals surface area contributed by atoms with Crippen molar-refractivity contribution in [3.63, 3.8) is 0 Å². The van der Waals surface area contributed by atoms with Gasteiger partial charge in [-0.3, -0.25) is 4.57 Å². The lowest BCUT2D eigenvalue weighted by Crippen LogP contribution is -2.25. The first kappa shape index (κ1) is 15.5. The molecule has 2 heterocycles. The second-order valence-electron chi connectivity index (χ2n) is 5.01. The Morgan fingerprint density at radius 1 is 1.29 bits per heavy atom. The molecule has 2 rings (SSSR count). The van der Waals surface area contributed by atoms with Gasteiger partial charge in [-0.05, 0) is 19.3 Å². The Bertz CT molecular complexity index is 647. The zero-order valence-corrected chi connectivity index (χ0v) is 12.7. The van der Waals surface area contributed by atoms with Gasteiger partial charge >= 0.3 is 5.69 Å². The molecule has 0 aliphatic rings. The number of aliphatic hydroxyl groups excluding tert-OH is 1. The number of fused-ring (bicyclic) bond motifs is 1. The van der Waals surface area contributed by atoms with Crippen molar-refractivity contribution in [1.29, 1.82) is 0 Å². The Hall–Kier alpha value is -1.89. The van der Waals surface area contributed by atoms with E-state index in [1.807, 2.05) is 11.5 Å². The molecule has 7 nitrogen and oxygen atoms in total. The van der Waals surface area contributed by atoms with Crippen molar-refractivity contribution in [2.45, 2.75) is 46.2 Å². The van der Waals surface area contributed by atoms with Crippen LogP contribution in [0.4, 0.5) is 5.82 Å². The zero-order valence-electron chi connectivity index (χ0n) is 12.7. The molecule has 0 spiro atoms. The Morgan fingerprint density at radius 3 is 2.71 bits per heavy atom. The zero-order chi connectivity index (χ0) is 15.2. The highest BCUT2D eigenvalue weighted by Gasteiger charge is 2.15. The smallest absolute Gasteiger partial charge is 0.351 e. The van der Waals surface area contributed by atoms with Gasteiger partial charge in [-0.25, -0.2) is 9.78 Å². The third-order valence-electron chi connectivity index (χ3n) is 3.28. The van der Waals surface area contributed by atoms with Crippen molar-refractivity contribution in [2.24, 2.45) is 0 Å². The van der Waals surface area contributed by atoms with Crippen LogP contribution in [-0.4, -0.2) is 37.4 Å². The van der Waals surface area contributed by atoms with Crippen molar-refractivity contribution in [2.75, 3.05) is 18.5 Å². The topological polar surface area (TPSA) is 85.0 Å². The molecule has 2 aromatic heterocycles. The minimum atomic E-state index is -0.280. The third kappa shape index (κ3) is 3.24. The molecule has 116 valence electrons. The number of aromatic nitrogens is 4. The van der Waals surface area contributed by atoms with Gasteiger partial charge in [0.15, 0.2) is 11.5 Å². The number of hydrogen-bond acceptors (Lipinski definition) is 5. The monoisotopic (exact) mass is 293 g/mol. The molecule has 21 heavy (non-hydrogen) atoms. The maximum Gasteiger partial charge on any atom is 0.351 e. The molecule has 0 amide bonds. The Kier molecular flexibility index (Phi) is 5.32. The summed E-state index contributed by atoms with van der Waals surface area (Å²) in [7, 11) is 0. The molecule has 0 radical (unpaired) electrons. The van der Waals surface area contributed by atoms with Gasteiger partial charge in [0.2, 0.25) is 0 Å². The number of imidazole rings is 1. The predicted molar refractivity (Wildman–Crippen MR) is 82.6 cm³/mol. The molecular formula is C14H23N5O2. The van der Waals surface area contributed by atoms with Crippen molar-refractivity contribution < 1.29 is 5.11 Å². The molecule has 7 heteroatoms. The summed E-state index contributed by atoms with van der Waals surface area (Å²) in [6.45, 7) is 6.25. The lowest BCUT2D eigenvalue weighted by Gasteiger charge is -2.11. The van der Waals surface area contributed by atoms with Crippen LogP contribution < -0.4 is 11.0 Å². The van der Waals surface area contributed by atoms with E-state index < -0.39 is 0 Å². The van der Waals surface area contributed by atoms with Crippen molar-refractivity contribution in [3.05, 3.63) is 16.8 Å². The summed E-state index contributed by atoms with van der Waals surface area (Å²) in [5, 5.41) is 12.0. The highest BCUT2D eigenvalue weighted by molar-refractivity contribution is 5.83. The van der Waals surface area contributed by atoms with E-state index in [-0.39, 0.29) is 12.3 Å². The lowest BCUT2D eigenvalue weighted by molar-refractivity contribution is 0.292. The predicted octanol–water partition coefficient (Wildman–Crippen LogP) is 1.21. The van der Waals surface area contributed by atoms with Gasteiger partial charge in [-0.1, -0.05) is 13.8 Å². The van der Waals surface area contributed by atoms with Crippen molar-refractivity contribution in [3.8, 4) is 0 Å². The maximum absolute atomic E-state index is 12.2.